The number of hydrogen-bond acceptors (Lipinski definition) is 4. The van der Waals surface area contributed by atoms with Crippen LogP contribution in [-0.2, 0) is 16.6 Å². The number of carbonyl (C=O) groups excluding carboxylic acids is 1. The fourth-order valence-corrected chi connectivity index (χ4v) is 3.97. The van der Waals surface area contributed by atoms with Crippen LogP contribution in [0.15, 0.2) is 53.5 Å². The number of carbonyl (C=O) groups is 1. The SMILES string of the molecule is Cc1ccc(NC(=O)C2(c3ccc4c(c3)CCO4)CC2)nc1-c1cc[nH]c(=O)c1. The first kappa shape index (κ1) is 17.7. The third-order valence-corrected chi connectivity index (χ3v) is 5.81. The molecule has 1 aliphatic carbocycles. The highest BCUT2D eigenvalue weighted by Gasteiger charge is 2.51. The highest BCUT2D eigenvalue weighted by atomic mass is 16.5. The lowest BCUT2D eigenvalue weighted by Gasteiger charge is -2.17. The van der Waals surface area contributed by atoms with Gasteiger partial charge in [-0.25, -0.2) is 4.98 Å². The number of nitrogens with one attached hydrogen (secondary N) is 2. The van der Waals surface area contributed by atoms with E-state index in [9.17, 15) is 9.59 Å². The standard InChI is InChI=1S/C23H21N3O3/c1-14-2-5-19(25-21(14)16-6-10-24-20(27)13-16)26-22(28)23(8-9-23)17-3-4-18-15(12-17)7-11-29-18/h2-6,10,12-13H,7-9,11H2,1H3,(H,24,27)(H,25,26,28). The van der Waals surface area contributed by atoms with Crippen LogP contribution in [0.4, 0.5) is 5.82 Å². The van der Waals surface area contributed by atoms with Crippen molar-refractivity contribution in [1.82, 2.24) is 9.97 Å². The molecular weight excluding hydrogens is 366 g/mol. The summed E-state index contributed by atoms with van der Waals surface area (Å²) in [7, 11) is 0. The normalized spacial score (nSPS) is 16.0. The molecule has 0 bridgehead atoms. The van der Waals surface area contributed by atoms with Crippen molar-refractivity contribution >= 4 is 11.7 Å². The van der Waals surface area contributed by atoms with Crippen molar-refractivity contribution in [3.8, 4) is 17.0 Å². The Balaban J connectivity index is 1.42. The first-order valence-electron chi connectivity index (χ1n) is 9.80. The minimum Gasteiger partial charge on any atom is -0.493 e. The van der Waals surface area contributed by atoms with Gasteiger partial charge < -0.3 is 15.0 Å². The molecule has 1 aromatic carbocycles. The van der Waals surface area contributed by atoms with E-state index in [1.54, 1.807) is 18.3 Å². The molecule has 0 radical (unpaired) electrons. The van der Waals surface area contributed by atoms with Gasteiger partial charge >= 0.3 is 0 Å². The number of benzene rings is 1. The second-order valence-electron chi connectivity index (χ2n) is 7.76. The molecule has 5 rings (SSSR count). The van der Waals surface area contributed by atoms with Crippen LogP contribution in [0.3, 0.4) is 0 Å². The average Bonchev–Trinajstić information content (AvgIpc) is 3.40. The van der Waals surface area contributed by atoms with E-state index in [0.29, 0.717) is 18.1 Å². The maximum Gasteiger partial charge on any atom is 0.248 e. The first-order valence-corrected chi connectivity index (χ1v) is 9.80. The Morgan fingerprint density at radius 1 is 1.17 bits per heavy atom. The first-order chi connectivity index (χ1) is 14.0. The maximum atomic E-state index is 13.1. The van der Waals surface area contributed by atoms with Crippen LogP contribution >= 0.6 is 0 Å². The molecular formula is C23H21N3O3. The molecule has 0 unspecified atom stereocenters. The van der Waals surface area contributed by atoms with Crippen molar-refractivity contribution in [2.75, 3.05) is 11.9 Å². The van der Waals surface area contributed by atoms with Gasteiger partial charge in [-0.05, 0) is 54.7 Å². The Labute approximate surface area is 168 Å². The van der Waals surface area contributed by atoms with Crippen molar-refractivity contribution in [3.63, 3.8) is 0 Å². The van der Waals surface area contributed by atoms with Crippen molar-refractivity contribution in [3.05, 3.63) is 75.7 Å². The molecule has 0 atom stereocenters. The number of aromatic nitrogens is 2. The van der Waals surface area contributed by atoms with E-state index >= 15 is 0 Å². The van der Waals surface area contributed by atoms with Gasteiger partial charge in [-0.2, -0.15) is 0 Å². The number of anilines is 1. The third-order valence-electron chi connectivity index (χ3n) is 5.81. The fourth-order valence-electron chi connectivity index (χ4n) is 3.97. The van der Waals surface area contributed by atoms with E-state index in [-0.39, 0.29) is 11.5 Å². The summed E-state index contributed by atoms with van der Waals surface area (Å²) in [6.07, 6.45) is 4.14. The zero-order chi connectivity index (χ0) is 20.0. The lowest BCUT2D eigenvalue weighted by molar-refractivity contribution is -0.118. The van der Waals surface area contributed by atoms with Crippen molar-refractivity contribution in [2.45, 2.75) is 31.6 Å². The van der Waals surface area contributed by atoms with Gasteiger partial charge in [0, 0.05) is 24.2 Å². The molecule has 1 amide bonds. The van der Waals surface area contributed by atoms with E-state index in [4.69, 9.17) is 4.74 Å². The molecule has 6 heteroatoms. The molecule has 6 nitrogen and oxygen atoms in total. The topological polar surface area (TPSA) is 84.1 Å². The van der Waals surface area contributed by atoms with Gasteiger partial charge in [0.05, 0.1) is 17.7 Å². The lowest BCUT2D eigenvalue weighted by Crippen LogP contribution is -2.28. The second kappa shape index (κ2) is 6.58. The third kappa shape index (κ3) is 3.10. The van der Waals surface area contributed by atoms with E-state index in [0.717, 1.165) is 41.7 Å². The van der Waals surface area contributed by atoms with Crippen molar-refractivity contribution in [2.24, 2.45) is 0 Å². The number of aryl methyl sites for hydroxylation is 1. The summed E-state index contributed by atoms with van der Waals surface area (Å²) in [5.74, 6) is 1.38. The van der Waals surface area contributed by atoms with Gasteiger partial charge in [0.15, 0.2) is 0 Å². The molecule has 3 heterocycles. The predicted octanol–water partition coefficient (Wildman–Crippen LogP) is 3.35. The molecule has 29 heavy (non-hydrogen) atoms. The molecule has 2 aliphatic rings. The second-order valence-corrected chi connectivity index (χ2v) is 7.76. The number of rotatable bonds is 4. The molecule has 1 saturated carbocycles. The lowest BCUT2D eigenvalue weighted by atomic mass is 9.93. The van der Waals surface area contributed by atoms with Crippen LogP contribution in [0.25, 0.3) is 11.3 Å². The molecule has 2 N–H and O–H groups in total. The van der Waals surface area contributed by atoms with Gasteiger partial charge in [-0.1, -0.05) is 18.2 Å². The van der Waals surface area contributed by atoms with E-state index in [2.05, 4.69) is 21.4 Å². The molecule has 2 aromatic heterocycles. The molecule has 3 aromatic rings. The van der Waals surface area contributed by atoms with Crippen molar-refractivity contribution < 1.29 is 9.53 Å². The smallest absolute Gasteiger partial charge is 0.248 e. The summed E-state index contributed by atoms with van der Waals surface area (Å²) < 4.78 is 5.58. The fraction of sp³-hybridized carbons (Fsp3) is 0.261. The number of hydrogen-bond donors (Lipinski definition) is 2. The predicted molar refractivity (Wildman–Crippen MR) is 110 cm³/mol. The van der Waals surface area contributed by atoms with Gasteiger partial charge in [0.2, 0.25) is 11.5 Å². The van der Waals surface area contributed by atoms with Crippen LogP contribution in [0.1, 0.15) is 29.5 Å². The Bertz CT molecular complexity index is 1180. The summed E-state index contributed by atoms with van der Waals surface area (Å²) in [5.41, 5.74) is 3.89. The summed E-state index contributed by atoms with van der Waals surface area (Å²) in [4.78, 5) is 32.0. The molecule has 0 saturated heterocycles. The number of aromatic amines is 1. The van der Waals surface area contributed by atoms with Gasteiger partial charge in [-0.15, -0.1) is 0 Å². The zero-order valence-corrected chi connectivity index (χ0v) is 16.1. The Morgan fingerprint density at radius 2 is 2.03 bits per heavy atom. The largest absolute Gasteiger partial charge is 0.493 e. The minimum absolute atomic E-state index is 0.0374. The monoisotopic (exact) mass is 387 g/mol. The number of fused-ring (bicyclic) bond motifs is 1. The highest BCUT2D eigenvalue weighted by molar-refractivity contribution is 6.01. The average molecular weight is 387 g/mol. The summed E-state index contributed by atoms with van der Waals surface area (Å²) in [6, 6.07) is 13.1. The van der Waals surface area contributed by atoms with Crippen LogP contribution in [0, 0.1) is 6.92 Å². The van der Waals surface area contributed by atoms with Crippen LogP contribution < -0.4 is 15.6 Å². The number of pyridine rings is 2. The molecule has 1 aliphatic heterocycles. The van der Waals surface area contributed by atoms with Crippen LogP contribution in [0.5, 0.6) is 5.75 Å². The highest BCUT2D eigenvalue weighted by Crippen LogP contribution is 2.50. The zero-order valence-electron chi connectivity index (χ0n) is 16.1. The van der Waals surface area contributed by atoms with E-state index < -0.39 is 5.41 Å². The van der Waals surface area contributed by atoms with Gasteiger partial charge in [0.1, 0.15) is 11.6 Å². The maximum absolute atomic E-state index is 13.1. The number of amides is 1. The van der Waals surface area contributed by atoms with Crippen LogP contribution in [-0.4, -0.2) is 22.5 Å². The molecule has 146 valence electrons. The summed E-state index contributed by atoms with van der Waals surface area (Å²) >= 11 is 0. The summed E-state index contributed by atoms with van der Waals surface area (Å²) in [6.45, 7) is 2.64. The van der Waals surface area contributed by atoms with Crippen molar-refractivity contribution in [1.29, 1.82) is 0 Å². The van der Waals surface area contributed by atoms with Gasteiger partial charge in [-0.3, -0.25) is 9.59 Å². The minimum atomic E-state index is -0.492. The number of H-pyrrole nitrogens is 1. The van der Waals surface area contributed by atoms with E-state index in [1.807, 2.05) is 25.1 Å². The van der Waals surface area contributed by atoms with Crippen LogP contribution in [0.2, 0.25) is 0 Å². The number of nitrogens with zero attached hydrogens (tertiary/aromatic N) is 1. The summed E-state index contributed by atoms with van der Waals surface area (Å²) in [5, 5.41) is 3.00. The Kier molecular flexibility index (Phi) is 4.01. The molecule has 1 fully saturated rings. The van der Waals surface area contributed by atoms with Gasteiger partial charge in [0.25, 0.3) is 0 Å². The Hall–Kier alpha value is -3.41. The quantitative estimate of drug-likeness (QED) is 0.719. The Morgan fingerprint density at radius 3 is 2.83 bits per heavy atom. The number of ether oxygens (including phenoxy) is 1. The molecule has 0 spiro atoms. The van der Waals surface area contributed by atoms with E-state index in [1.165, 1.54) is 11.6 Å².